The Labute approximate surface area is 146 Å². The van der Waals surface area contributed by atoms with Gasteiger partial charge in [-0.3, -0.25) is 4.79 Å². The van der Waals surface area contributed by atoms with E-state index < -0.39 is 0 Å². The van der Waals surface area contributed by atoms with Crippen molar-refractivity contribution in [3.63, 3.8) is 0 Å². The van der Waals surface area contributed by atoms with Gasteiger partial charge in [-0.2, -0.15) is 0 Å². The minimum Gasteiger partial charge on any atom is -0.460 e. The van der Waals surface area contributed by atoms with Gasteiger partial charge in [0.15, 0.2) is 0 Å². The van der Waals surface area contributed by atoms with Gasteiger partial charge >= 0.3 is 5.97 Å². The first-order chi connectivity index (χ1) is 11.1. The summed E-state index contributed by atoms with van der Waals surface area (Å²) in [5, 5.41) is 1.95. The number of esters is 1. The van der Waals surface area contributed by atoms with Gasteiger partial charge in [0.2, 0.25) is 5.89 Å². The maximum absolute atomic E-state index is 12.0. The lowest BCUT2D eigenvalue weighted by atomic mass is 10.2. The number of aromatic nitrogens is 1. The molecule has 0 fully saturated rings. The zero-order chi connectivity index (χ0) is 16.2. The third-order valence-corrected chi connectivity index (χ3v) is 4.80. The van der Waals surface area contributed by atoms with Gasteiger partial charge in [-0.25, -0.2) is 4.98 Å². The molecule has 4 nitrogen and oxygen atoms in total. The highest BCUT2D eigenvalue weighted by molar-refractivity contribution is 9.11. The van der Waals surface area contributed by atoms with Crippen LogP contribution >= 0.6 is 27.3 Å². The van der Waals surface area contributed by atoms with E-state index in [0.717, 1.165) is 14.9 Å². The van der Waals surface area contributed by atoms with E-state index in [2.05, 4.69) is 20.9 Å². The molecule has 0 amide bonds. The summed E-state index contributed by atoms with van der Waals surface area (Å²) in [6.45, 7) is 2.07. The summed E-state index contributed by atoms with van der Waals surface area (Å²) >= 11 is 4.94. The van der Waals surface area contributed by atoms with Crippen LogP contribution in [-0.2, 0) is 22.6 Å². The van der Waals surface area contributed by atoms with Gasteiger partial charge in [0.25, 0.3) is 0 Å². The van der Waals surface area contributed by atoms with Crippen molar-refractivity contribution in [1.29, 1.82) is 0 Å². The van der Waals surface area contributed by atoms with E-state index >= 15 is 0 Å². The van der Waals surface area contributed by atoms with Crippen molar-refractivity contribution in [3.8, 4) is 11.5 Å². The number of carbonyl (C=O) groups excluding carboxylic acids is 1. The van der Waals surface area contributed by atoms with Crippen LogP contribution in [0.2, 0.25) is 0 Å². The van der Waals surface area contributed by atoms with Crippen molar-refractivity contribution >= 4 is 33.2 Å². The lowest BCUT2D eigenvalue weighted by Gasteiger charge is -2.01. The van der Waals surface area contributed by atoms with E-state index in [1.807, 2.05) is 41.8 Å². The number of rotatable bonds is 5. The molecule has 0 N–H and O–H groups in total. The number of carbonyl (C=O) groups is 1. The van der Waals surface area contributed by atoms with Gasteiger partial charge in [0.1, 0.15) is 12.4 Å². The van der Waals surface area contributed by atoms with Crippen molar-refractivity contribution in [2.75, 3.05) is 0 Å². The second-order valence-electron chi connectivity index (χ2n) is 4.98. The summed E-state index contributed by atoms with van der Waals surface area (Å²) in [7, 11) is 0. The molecule has 2 aromatic heterocycles. The van der Waals surface area contributed by atoms with E-state index in [1.165, 1.54) is 0 Å². The molecule has 3 aromatic rings. The largest absolute Gasteiger partial charge is 0.460 e. The normalized spacial score (nSPS) is 10.7. The summed E-state index contributed by atoms with van der Waals surface area (Å²) in [6, 6.07) is 11.5. The molecule has 0 unspecified atom stereocenters. The van der Waals surface area contributed by atoms with Crippen LogP contribution in [0.3, 0.4) is 0 Å². The molecule has 2 heterocycles. The van der Waals surface area contributed by atoms with Crippen molar-refractivity contribution in [2.45, 2.75) is 20.0 Å². The number of nitrogens with zero attached hydrogens (tertiary/aromatic N) is 1. The predicted octanol–water partition coefficient (Wildman–Crippen LogP) is 4.76. The smallest absolute Gasteiger partial charge is 0.312 e. The van der Waals surface area contributed by atoms with Crippen LogP contribution in [0.5, 0.6) is 0 Å². The average Bonchev–Trinajstić information content (AvgIpc) is 3.13. The lowest BCUT2D eigenvalue weighted by molar-refractivity contribution is -0.144. The molecule has 1 aromatic carbocycles. The van der Waals surface area contributed by atoms with Crippen LogP contribution in [0.25, 0.3) is 11.5 Å². The van der Waals surface area contributed by atoms with Gasteiger partial charge in [-0.15, -0.1) is 11.3 Å². The number of thiophene rings is 1. The quantitative estimate of drug-likeness (QED) is 0.588. The summed E-state index contributed by atoms with van der Waals surface area (Å²) in [5.41, 5.74) is 2.47. The number of hydrogen-bond donors (Lipinski definition) is 0. The number of hydrogen-bond acceptors (Lipinski definition) is 5. The summed E-state index contributed by atoms with van der Waals surface area (Å²) in [6.07, 6.45) is 0.105. The Kier molecular flexibility index (Phi) is 4.93. The fourth-order valence-corrected chi connectivity index (χ4v) is 3.26. The number of oxazole rings is 1. The fourth-order valence-electron chi connectivity index (χ4n) is 2.07. The predicted molar refractivity (Wildman–Crippen MR) is 92.2 cm³/mol. The Morgan fingerprint density at radius 3 is 2.83 bits per heavy atom. The zero-order valence-corrected chi connectivity index (χ0v) is 14.8. The molecule has 0 bridgehead atoms. The van der Waals surface area contributed by atoms with Crippen LogP contribution in [0, 0.1) is 6.92 Å². The van der Waals surface area contributed by atoms with Gasteiger partial charge in [0, 0.05) is 11.1 Å². The molecule has 0 aliphatic carbocycles. The Morgan fingerprint density at radius 2 is 2.13 bits per heavy atom. The Hall–Kier alpha value is -1.92. The van der Waals surface area contributed by atoms with Crippen LogP contribution < -0.4 is 0 Å². The summed E-state index contributed by atoms with van der Waals surface area (Å²) in [5.74, 6) is 0.843. The molecular weight excluding hydrogens is 378 g/mol. The fraction of sp³-hybridized carbons (Fsp3) is 0.176. The van der Waals surface area contributed by atoms with Crippen molar-refractivity contribution in [2.24, 2.45) is 0 Å². The van der Waals surface area contributed by atoms with Crippen LogP contribution in [0.15, 0.2) is 50.0 Å². The Morgan fingerprint density at radius 1 is 1.35 bits per heavy atom. The highest BCUT2D eigenvalue weighted by Gasteiger charge is 2.15. The Bertz CT molecular complexity index is 810. The van der Waals surface area contributed by atoms with Crippen LogP contribution in [0.1, 0.15) is 17.0 Å². The molecular formula is C17H14BrNO3S. The monoisotopic (exact) mass is 391 g/mol. The topological polar surface area (TPSA) is 52.3 Å². The molecule has 118 valence electrons. The molecule has 0 radical (unpaired) electrons. The van der Waals surface area contributed by atoms with Crippen molar-refractivity contribution in [1.82, 2.24) is 4.98 Å². The maximum atomic E-state index is 12.0. The van der Waals surface area contributed by atoms with Crippen molar-refractivity contribution < 1.29 is 13.9 Å². The van der Waals surface area contributed by atoms with E-state index in [0.29, 0.717) is 17.3 Å². The second kappa shape index (κ2) is 7.10. The minimum absolute atomic E-state index is 0.105. The number of ether oxygens (including phenoxy) is 1. The molecule has 23 heavy (non-hydrogen) atoms. The standard InChI is InChI=1S/C17H14BrNO3S/c1-11-14(19-17(22-11)13-5-3-2-4-6-13)8-16(20)21-9-12-7-15(18)23-10-12/h2-7,10H,8-9H2,1H3. The van der Waals surface area contributed by atoms with E-state index in [4.69, 9.17) is 9.15 Å². The van der Waals surface area contributed by atoms with Gasteiger partial charge in [-0.1, -0.05) is 18.2 Å². The first kappa shape index (κ1) is 16.0. The molecule has 0 saturated carbocycles. The van der Waals surface area contributed by atoms with Crippen molar-refractivity contribution in [3.05, 3.63) is 62.6 Å². The highest BCUT2D eigenvalue weighted by Crippen LogP contribution is 2.23. The highest BCUT2D eigenvalue weighted by atomic mass is 79.9. The molecule has 6 heteroatoms. The van der Waals surface area contributed by atoms with E-state index in [-0.39, 0.29) is 19.0 Å². The molecule has 0 atom stereocenters. The molecule has 0 saturated heterocycles. The third-order valence-electron chi connectivity index (χ3n) is 3.25. The number of aryl methyl sites for hydroxylation is 1. The minimum atomic E-state index is -0.316. The first-order valence-electron chi connectivity index (χ1n) is 7.02. The molecule has 0 aliphatic heterocycles. The van der Waals surface area contributed by atoms with Gasteiger partial charge in [0.05, 0.1) is 15.9 Å². The Balaban J connectivity index is 1.63. The van der Waals surface area contributed by atoms with E-state index in [1.54, 1.807) is 18.3 Å². The third kappa shape index (κ3) is 4.09. The zero-order valence-electron chi connectivity index (χ0n) is 12.4. The van der Waals surface area contributed by atoms with E-state index in [9.17, 15) is 4.79 Å². The number of halogens is 1. The maximum Gasteiger partial charge on any atom is 0.312 e. The first-order valence-corrected chi connectivity index (χ1v) is 8.69. The summed E-state index contributed by atoms with van der Waals surface area (Å²) < 4.78 is 11.9. The van der Waals surface area contributed by atoms with Crippen LogP contribution in [-0.4, -0.2) is 11.0 Å². The van der Waals surface area contributed by atoms with Gasteiger partial charge < -0.3 is 9.15 Å². The molecule has 3 rings (SSSR count). The number of benzene rings is 1. The van der Waals surface area contributed by atoms with Crippen LogP contribution in [0.4, 0.5) is 0 Å². The lowest BCUT2D eigenvalue weighted by Crippen LogP contribution is -2.08. The SMILES string of the molecule is Cc1oc(-c2ccccc2)nc1CC(=O)OCc1csc(Br)c1. The van der Waals surface area contributed by atoms with Gasteiger partial charge in [-0.05, 0) is 46.4 Å². The average molecular weight is 392 g/mol. The second-order valence-corrected chi connectivity index (χ2v) is 7.27. The summed E-state index contributed by atoms with van der Waals surface area (Å²) in [4.78, 5) is 16.4. The molecule has 0 aliphatic rings. The molecule has 0 spiro atoms.